The maximum absolute atomic E-state index is 12.2. The number of carbonyl (C=O) groups is 1. The van der Waals surface area contributed by atoms with E-state index < -0.39 is 12.2 Å². The Morgan fingerprint density at radius 2 is 1.95 bits per heavy atom. The van der Waals surface area contributed by atoms with Gasteiger partial charge in [-0.2, -0.15) is 4.57 Å². The first-order valence-corrected chi connectivity index (χ1v) is 5.63. The summed E-state index contributed by atoms with van der Waals surface area (Å²) in [5.74, 6) is -0.863. The van der Waals surface area contributed by atoms with Gasteiger partial charge in [0.2, 0.25) is 12.3 Å². The van der Waals surface area contributed by atoms with Crippen LogP contribution in [0.15, 0.2) is 48.9 Å². The predicted molar refractivity (Wildman–Crippen MR) is 61.9 cm³/mol. The van der Waals surface area contributed by atoms with Crippen LogP contribution in [0.5, 0.6) is 5.88 Å². The highest BCUT2D eigenvalue weighted by Gasteiger charge is 2.35. The smallest absolute Gasteiger partial charge is 0.349 e. The van der Waals surface area contributed by atoms with Crippen LogP contribution in [0.3, 0.4) is 0 Å². The summed E-state index contributed by atoms with van der Waals surface area (Å²) in [6.07, 6.45) is -1.39. The first kappa shape index (κ1) is 14.0. The number of ether oxygens (including phenoxy) is 1. The fourth-order valence-corrected chi connectivity index (χ4v) is 1.58. The molecule has 0 unspecified atom stereocenters. The zero-order valence-electron chi connectivity index (χ0n) is 10.2. The van der Waals surface area contributed by atoms with E-state index in [1.54, 1.807) is 30.3 Å². The Bertz CT molecular complexity index is 600. The lowest BCUT2D eigenvalue weighted by atomic mass is 10.1. The third-order valence-electron chi connectivity index (χ3n) is 2.43. The molecule has 0 fully saturated rings. The molecular weight excluding hydrogens is 273 g/mol. The van der Waals surface area contributed by atoms with E-state index in [0.717, 1.165) is 10.8 Å². The van der Waals surface area contributed by atoms with Gasteiger partial charge in [0.05, 0.1) is 6.20 Å². The van der Waals surface area contributed by atoms with Crippen LogP contribution >= 0.6 is 0 Å². The second-order valence-electron chi connectivity index (χ2n) is 3.88. The van der Waals surface area contributed by atoms with Gasteiger partial charge in [0.25, 0.3) is 0 Å². The Morgan fingerprint density at radius 3 is 2.60 bits per heavy atom. The number of ketones is 1. The number of aromatic nitrogens is 2. The number of rotatable bonds is 4. The van der Waals surface area contributed by atoms with E-state index >= 15 is 0 Å². The van der Waals surface area contributed by atoms with Gasteiger partial charge in [0.1, 0.15) is 6.20 Å². The molecule has 0 aliphatic rings. The van der Waals surface area contributed by atoms with Gasteiger partial charge in [-0.15, -0.1) is 13.2 Å². The monoisotopic (exact) mass is 283 g/mol. The van der Waals surface area contributed by atoms with Crippen LogP contribution in [0.1, 0.15) is 10.4 Å². The van der Waals surface area contributed by atoms with Gasteiger partial charge in [0.15, 0.2) is 6.20 Å². The largest absolute Gasteiger partial charge is 0.577 e. The SMILES string of the molecule is O=C(C[n+]1ccncc1OC(F)(F)F)c1ccccc1. The predicted octanol–water partition coefficient (Wildman–Crippen LogP) is 2.15. The Morgan fingerprint density at radius 1 is 1.25 bits per heavy atom. The topological polar surface area (TPSA) is 43.1 Å². The molecule has 104 valence electrons. The van der Waals surface area contributed by atoms with Crippen molar-refractivity contribution < 1.29 is 27.3 Å². The molecule has 0 N–H and O–H groups in total. The van der Waals surface area contributed by atoms with Crippen molar-refractivity contribution in [1.82, 2.24) is 4.98 Å². The van der Waals surface area contributed by atoms with E-state index in [1.165, 1.54) is 12.4 Å². The first-order valence-electron chi connectivity index (χ1n) is 5.63. The van der Waals surface area contributed by atoms with Crippen LogP contribution < -0.4 is 9.30 Å². The van der Waals surface area contributed by atoms with Crippen LogP contribution in [-0.2, 0) is 6.54 Å². The summed E-state index contributed by atoms with van der Waals surface area (Å²) in [6, 6.07) is 8.28. The van der Waals surface area contributed by atoms with Gasteiger partial charge in [0, 0.05) is 5.56 Å². The first-order chi connectivity index (χ1) is 9.46. The summed E-state index contributed by atoms with van der Waals surface area (Å²) in [5, 5.41) is 0. The molecule has 0 atom stereocenters. The molecule has 0 radical (unpaired) electrons. The minimum Gasteiger partial charge on any atom is -0.349 e. The van der Waals surface area contributed by atoms with Crippen molar-refractivity contribution in [2.75, 3.05) is 0 Å². The number of halogens is 3. The molecule has 2 aromatic rings. The van der Waals surface area contributed by atoms with Crippen molar-refractivity contribution in [2.24, 2.45) is 0 Å². The summed E-state index contributed by atoms with van der Waals surface area (Å²) < 4.78 is 41.6. The Balaban J connectivity index is 2.20. The molecule has 0 aliphatic heterocycles. The molecule has 1 aromatic carbocycles. The average Bonchev–Trinajstić information content (AvgIpc) is 2.40. The third-order valence-corrected chi connectivity index (χ3v) is 2.43. The zero-order chi connectivity index (χ0) is 14.6. The number of hydrogen-bond donors (Lipinski definition) is 0. The molecule has 0 spiro atoms. The second-order valence-corrected chi connectivity index (χ2v) is 3.88. The quantitative estimate of drug-likeness (QED) is 0.638. The van der Waals surface area contributed by atoms with Crippen molar-refractivity contribution in [2.45, 2.75) is 12.9 Å². The molecule has 7 heteroatoms. The van der Waals surface area contributed by atoms with Crippen molar-refractivity contribution in [3.05, 3.63) is 54.5 Å². The van der Waals surface area contributed by atoms with E-state index in [4.69, 9.17) is 0 Å². The van der Waals surface area contributed by atoms with Crippen LogP contribution in [0.4, 0.5) is 13.2 Å². The summed E-state index contributed by atoms with van der Waals surface area (Å²) in [5.41, 5.74) is 0.412. The van der Waals surface area contributed by atoms with Crippen molar-refractivity contribution in [3.63, 3.8) is 0 Å². The molecule has 4 nitrogen and oxygen atoms in total. The molecule has 0 aliphatic carbocycles. The lowest BCUT2D eigenvalue weighted by molar-refractivity contribution is -0.693. The highest BCUT2D eigenvalue weighted by molar-refractivity contribution is 5.94. The highest BCUT2D eigenvalue weighted by Crippen LogP contribution is 2.18. The van der Waals surface area contributed by atoms with Crippen LogP contribution in [0.25, 0.3) is 0 Å². The number of benzene rings is 1. The minimum atomic E-state index is -4.83. The molecule has 0 bridgehead atoms. The molecule has 0 saturated carbocycles. The lowest BCUT2D eigenvalue weighted by Crippen LogP contribution is -2.41. The van der Waals surface area contributed by atoms with Gasteiger partial charge < -0.3 is 4.74 Å². The fraction of sp³-hybridized carbons (Fsp3) is 0.154. The normalized spacial score (nSPS) is 11.2. The third kappa shape index (κ3) is 3.78. The van der Waals surface area contributed by atoms with Gasteiger partial charge in [-0.3, -0.25) is 4.79 Å². The number of Topliss-reactive ketones (excluding diaryl/α,β-unsaturated/α-hetero) is 1. The Hall–Kier alpha value is -2.44. The maximum Gasteiger partial charge on any atom is 0.577 e. The molecule has 0 saturated heterocycles. The molecule has 1 aromatic heterocycles. The van der Waals surface area contributed by atoms with Crippen molar-refractivity contribution in [1.29, 1.82) is 0 Å². The molecule has 2 rings (SSSR count). The fourth-order valence-electron chi connectivity index (χ4n) is 1.58. The van der Waals surface area contributed by atoms with Crippen molar-refractivity contribution >= 4 is 5.78 Å². The van der Waals surface area contributed by atoms with E-state index in [9.17, 15) is 18.0 Å². The van der Waals surface area contributed by atoms with E-state index in [0.29, 0.717) is 5.56 Å². The van der Waals surface area contributed by atoms with Crippen LogP contribution in [0.2, 0.25) is 0 Å². The summed E-state index contributed by atoms with van der Waals surface area (Å²) >= 11 is 0. The number of nitrogens with zero attached hydrogens (tertiary/aromatic N) is 2. The zero-order valence-corrected chi connectivity index (χ0v) is 10.2. The number of hydrogen-bond acceptors (Lipinski definition) is 3. The molecule has 20 heavy (non-hydrogen) atoms. The molecule has 1 heterocycles. The average molecular weight is 283 g/mol. The number of carbonyl (C=O) groups excluding carboxylic acids is 1. The van der Waals surface area contributed by atoms with E-state index in [2.05, 4.69) is 9.72 Å². The lowest BCUT2D eigenvalue weighted by Gasteiger charge is -2.07. The van der Waals surface area contributed by atoms with Gasteiger partial charge in [-0.1, -0.05) is 30.3 Å². The van der Waals surface area contributed by atoms with Gasteiger partial charge >= 0.3 is 12.2 Å². The van der Waals surface area contributed by atoms with Gasteiger partial charge in [-0.05, 0) is 0 Å². The van der Waals surface area contributed by atoms with Crippen LogP contribution in [0, 0.1) is 0 Å². The van der Waals surface area contributed by atoms with Crippen molar-refractivity contribution in [3.8, 4) is 5.88 Å². The van der Waals surface area contributed by atoms with E-state index in [-0.39, 0.29) is 12.3 Å². The maximum atomic E-state index is 12.2. The standard InChI is InChI=1S/C13H10F3N2O2/c14-13(15,16)20-12-8-17-6-7-18(12)9-11(19)10-4-2-1-3-5-10/h1-8H,9H2/q+1. The minimum absolute atomic E-state index is 0.266. The van der Waals surface area contributed by atoms with Gasteiger partial charge in [-0.25, -0.2) is 4.98 Å². The molecular formula is C13H10F3N2O2+. The van der Waals surface area contributed by atoms with E-state index in [1.807, 2.05) is 0 Å². The molecule has 0 amide bonds. The second kappa shape index (κ2) is 5.68. The summed E-state index contributed by atoms with van der Waals surface area (Å²) in [7, 11) is 0. The Kier molecular flexibility index (Phi) is 3.97. The van der Waals surface area contributed by atoms with Crippen LogP contribution in [-0.4, -0.2) is 17.1 Å². The summed E-state index contributed by atoms with van der Waals surface area (Å²) in [6.45, 7) is -0.266. The summed E-state index contributed by atoms with van der Waals surface area (Å²) in [4.78, 5) is 15.5. The Labute approximate surface area is 112 Å². The highest BCUT2D eigenvalue weighted by atomic mass is 19.4. The number of alkyl halides is 3.